The smallest absolute Gasteiger partial charge is 0.417 e. The minimum absolute atomic E-state index is 0.0697. The van der Waals surface area contributed by atoms with E-state index < -0.39 is 33.7 Å². The number of hydrogen-bond acceptors (Lipinski definition) is 9. The summed E-state index contributed by atoms with van der Waals surface area (Å²) in [4.78, 5) is 22.4. The largest absolute Gasteiger partial charge is 0.444 e. The molecule has 43 heavy (non-hydrogen) atoms. The van der Waals surface area contributed by atoms with Crippen LogP contribution in [-0.2, 0) is 10.9 Å². The molecule has 2 saturated heterocycles. The summed E-state index contributed by atoms with van der Waals surface area (Å²) in [5, 5.41) is 8.50. The molecule has 10 nitrogen and oxygen atoms in total. The average molecular weight is 676 g/mol. The molecule has 1 amide bonds. The van der Waals surface area contributed by atoms with Crippen molar-refractivity contribution in [3.63, 3.8) is 0 Å². The van der Waals surface area contributed by atoms with E-state index in [1.807, 2.05) is 19.0 Å². The lowest BCUT2D eigenvalue weighted by Gasteiger charge is -2.52. The maximum atomic E-state index is 15.5. The molecule has 0 bridgehead atoms. The van der Waals surface area contributed by atoms with Gasteiger partial charge in [0.05, 0.1) is 27.3 Å². The number of hydrazine groups is 1. The molecule has 238 valence electrons. The highest BCUT2D eigenvalue weighted by atomic mass is 79.9. The molecule has 1 aromatic heterocycles. The van der Waals surface area contributed by atoms with Crippen LogP contribution in [0, 0.1) is 17.1 Å². The molecule has 1 aromatic carbocycles. The number of alkyl halides is 3. The Morgan fingerprint density at radius 3 is 2.23 bits per heavy atom. The highest BCUT2D eigenvalue weighted by molar-refractivity contribution is 9.10. The van der Waals surface area contributed by atoms with E-state index in [-0.39, 0.29) is 39.7 Å². The normalized spacial score (nSPS) is 17.2. The quantitative estimate of drug-likeness (QED) is 0.246. The number of benzene rings is 1. The standard InChI is InChI=1S/C26H36BrF4N7O2.C2H3N/c1-24(2,3)40-23(39)36-9-7-14(8-10-36)38(33)21-15-11-16(26(29,30)31)17(27)18(28)20(15)34-22(19(21)32)37-12-25(4,13-37)35(5)6;1-2-3/h11,14H,7-10,12-13,32-33H2,1-6H3;1H3. The number of ether oxygens (including phenoxy) is 1. The Labute approximate surface area is 257 Å². The third-order valence-electron chi connectivity index (χ3n) is 7.67. The lowest BCUT2D eigenvalue weighted by atomic mass is 9.90. The number of fused-ring (bicyclic) bond motifs is 1. The number of nitrogen functional groups attached to an aromatic ring is 1. The third kappa shape index (κ3) is 7.18. The number of nitriles is 1. The van der Waals surface area contributed by atoms with E-state index in [2.05, 4.69) is 32.7 Å². The number of hydrogen-bond donors (Lipinski definition) is 2. The van der Waals surface area contributed by atoms with Gasteiger partial charge < -0.3 is 30.2 Å². The van der Waals surface area contributed by atoms with Crippen LogP contribution in [0.1, 0.15) is 53.0 Å². The molecule has 4 N–H and O–H groups in total. The minimum atomic E-state index is -4.83. The van der Waals surface area contributed by atoms with Crippen LogP contribution in [0.25, 0.3) is 10.9 Å². The SMILES string of the molecule is CC#N.CN(C)C1(C)CN(c2nc3c(F)c(Br)c(C(F)(F)F)cc3c(N(N)C3CCN(C(=O)OC(C)(C)C)CC3)c2N)C1. The van der Waals surface area contributed by atoms with Gasteiger partial charge in [-0.25, -0.2) is 20.0 Å². The van der Waals surface area contributed by atoms with E-state index in [4.69, 9.17) is 21.6 Å². The number of aromatic nitrogens is 1. The fourth-order valence-corrected chi connectivity index (χ4v) is 5.62. The maximum absolute atomic E-state index is 15.5. The highest BCUT2D eigenvalue weighted by Gasteiger charge is 2.43. The van der Waals surface area contributed by atoms with Gasteiger partial charge >= 0.3 is 12.3 Å². The highest BCUT2D eigenvalue weighted by Crippen LogP contribution is 2.46. The number of amides is 1. The van der Waals surface area contributed by atoms with Crippen molar-refractivity contribution < 1.29 is 27.1 Å². The van der Waals surface area contributed by atoms with Crippen LogP contribution in [-0.4, -0.2) is 78.3 Å². The first kappa shape index (κ1) is 34.4. The number of anilines is 3. The zero-order valence-corrected chi connectivity index (χ0v) is 27.0. The van der Waals surface area contributed by atoms with Crippen LogP contribution < -0.4 is 21.5 Å². The number of nitrogens with two attached hydrogens (primary N) is 2. The Balaban J connectivity index is 0.00000162. The zero-order valence-electron chi connectivity index (χ0n) is 25.4. The van der Waals surface area contributed by atoms with E-state index in [1.165, 1.54) is 11.9 Å². The first-order valence-electron chi connectivity index (χ1n) is 13.7. The predicted octanol–water partition coefficient (Wildman–Crippen LogP) is 5.49. The van der Waals surface area contributed by atoms with Crippen molar-refractivity contribution in [2.75, 3.05) is 55.9 Å². The third-order valence-corrected chi connectivity index (χ3v) is 8.44. The average Bonchev–Trinajstić information content (AvgIpc) is 2.87. The Morgan fingerprint density at radius 2 is 1.77 bits per heavy atom. The number of carbonyl (C=O) groups excluding carboxylic acids is 1. The maximum Gasteiger partial charge on any atom is 0.417 e. The second-order valence-corrected chi connectivity index (χ2v) is 13.0. The van der Waals surface area contributed by atoms with Crippen LogP contribution in [0.15, 0.2) is 10.5 Å². The summed E-state index contributed by atoms with van der Waals surface area (Å²) in [6, 6.07) is 2.20. The number of likely N-dealkylation sites (N-methyl/N-ethyl adjacent to an activating group) is 1. The van der Waals surface area contributed by atoms with Crippen LogP contribution in [0.4, 0.5) is 39.5 Å². The van der Waals surface area contributed by atoms with E-state index in [9.17, 15) is 18.0 Å². The van der Waals surface area contributed by atoms with Crippen LogP contribution in [0.2, 0.25) is 0 Å². The molecular formula is C28H39BrF4N8O2. The van der Waals surface area contributed by atoms with Crippen molar-refractivity contribution in [3.8, 4) is 6.07 Å². The van der Waals surface area contributed by atoms with Gasteiger partial charge in [-0.1, -0.05) is 0 Å². The fourth-order valence-electron chi connectivity index (χ4n) is 5.09. The molecule has 0 spiro atoms. The summed E-state index contributed by atoms with van der Waals surface area (Å²) >= 11 is 2.78. The second kappa shape index (κ2) is 12.5. The fraction of sp³-hybridized carbons (Fsp3) is 0.607. The molecule has 3 heterocycles. The number of halogens is 5. The molecule has 4 rings (SSSR count). The van der Waals surface area contributed by atoms with Gasteiger partial charge in [0.25, 0.3) is 0 Å². The van der Waals surface area contributed by atoms with Crippen molar-refractivity contribution in [3.05, 3.63) is 21.9 Å². The van der Waals surface area contributed by atoms with Gasteiger partial charge in [0.1, 0.15) is 16.8 Å². The molecule has 2 aliphatic heterocycles. The van der Waals surface area contributed by atoms with Crippen LogP contribution in [0.5, 0.6) is 0 Å². The first-order valence-corrected chi connectivity index (χ1v) is 14.5. The molecule has 0 atom stereocenters. The van der Waals surface area contributed by atoms with Gasteiger partial charge in [0, 0.05) is 44.5 Å². The number of pyridine rings is 1. The van der Waals surface area contributed by atoms with Crippen molar-refractivity contribution in [1.82, 2.24) is 14.8 Å². The number of carbonyl (C=O) groups is 1. The van der Waals surface area contributed by atoms with Gasteiger partial charge in [-0.05, 0) is 76.6 Å². The predicted molar refractivity (Wildman–Crippen MR) is 162 cm³/mol. The number of rotatable bonds is 4. The summed E-state index contributed by atoms with van der Waals surface area (Å²) in [5.74, 6) is 5.70. The molecule has 0 unspecified atom stereocenters. The van der Waals surface area contributed by atoms with Crippen molar-refractivity contribution >= 4 is 50.1 Å². The van der Waals surface area contributed by atoms with Crippen LogP contribution >= 0.6 is 15.9 Å². The lowest BCUT2D eigenvalue weighted by Crippen LogP contribution is -2.67. The Morgan fingerprint density at radius 1 is 1.23 bits per heavy atom. The van der Waals surface area contributed by atoms with Crippen molar-refractivity contribution in [1.29, 1.82) is 5.26 Å². The van der Waals surface area contributed by atoms with Gasteiger partial charge in [0.2, 0.25) is 0 Å². The minimum Gasteiger partial charge on any atom is -0.444 e. The van der Waals surface area contributed by atoms with Gasteiger partial charge in [0.15, 0.2) is 11.6 Å². The molecule has 0 aliphatic carbocycles. The number of nitrogens with zero attached hydrogens (tertiary/aromatic N) is 6. The summed E-state index contributed by atoms with van der Waals surface area (Å²) in [6.45, 7) is 10.5. The summed E-state index contributed by atoms with van der Waals surface area (Å²) in [5.41, 5.74) is 4.44. The monoisotopic (exact) mass is 674 g/mol. The summed E-state index contributed by atoms with van der Waals surface area (Å²) < 4.78 is 61.8. The van der Waals surface area contributed by atoms with Gasteiger partial charge in [-0.3, -0.25) is 0 Å². The Kier molecular flexibility index (Phi) is 9.99. The lowest BCUT2D eigenvalue weighted by molar-refractivity contribution is -0.138. The van der Waals surface area contributed by atoms with Crippen molar-refractivity contribution in [2.24, 2.45) is 5.84 Å². The van der Waals surface area contributed by atoms with Gasteiger partial charge in [-0.15, -0.1) is 0 Å². The van der Waals surface area contributed by atoms with Crippen LogP contribution in [0.3, 0.4) is 0 Å². The van der Waals surface area contributed by atoms with E-state index >= 15 is 4.39 Å². The summed E-state index contributed by atoms with van der Waals surface area (Å²) in [6.07, 6.45) is -4.47. The summed E-state index contributed by atoms with van der Waals surface area (Å²) in [7, 11) is 3.89. The molecule has 0 radical (unpaired) electrons. The molecule has 0 saturated carbocycles. The van der Waals surface area contributed by atoms with E-state index in [0.717, 1.165) is 6.07 Å². The molecule has 2 fully saturated rings. The Bertz CT molecular complexity index is 1390. The van der Waals surface area contributed by atoms with E-state index in [1.54, 1.807) is 31.7 Å². The number of piperidine rings is 1. The molecule has 2 aliphatic rings. The first-order chi connectivity index (χ1) is 19.8. The number of likely N-dealkylation sites (tertiary alicyclic amines) is 1. The second-order valence-electron chi connectivity index (χ2n) is 12.2. The molecular weight excluding hydrogens is 636 g/mol. The Hall–Kier alpha value is -3.09. The molecule has 15 heteroatoms. The van der Waals surface area contributed by atoms with Crippen molar-refractivity contribution in [2.45, 2.75) is 70.8 Å². The van der Waals surface area contributed by atoms with E-state index in [0.29, 0.717) is 39.0 Å². The molecule has 2 aromatic rings. The zero-order chi connectivity index (χ0) is 32.7. The topological polar surface area (TPSA) is 128 Å². The van der Waals surface area contributed by atoms with Gasteiger partial charge in [-0.2, -0.15) is 18.4 Å².